The number of carbonyl (C=O) groups excluding carboxylic acids is 1. The van der Waals surface area contributed by atoms with Gasteiger partial charge in [0, 0.05) is 36.8 Å². The third-order valence-corrected chi connectivity index (χ3v) is 6.69. The largest absolute Gasteiger partial charge is 0.390 e. The second kappa shape index (κ2) is 7.33. The maximum Gasteiger partial charge on any atom is 0.224 e. The molecule has 0 aromatic heterocycles. The minimum atomic E-state index is -0.942. The summed E-state index contributed by atoms with van der Waals surface area (Å²) in [7, 11) is 3.98. The molecule has 3 aliphatic rings. The lowest BCUT2D eigenvalue weighted by atomic mass is 9.81. The van der Waals surface area contributed by atoms with Crippen LogP contribution in [0.25, 0.3) is 0 Å². The number of aliphatic imine (C=N–C) groups is 1. The molecule has 146 valence electrons. The van der Waals surface area contributed by atoms with Crippen LogP contribution in [0.1, 0.15) is 19.3 Å². The van der Waals surface area contributed by atoms with Crippen molar-refractivity contribution < 1.29 is 15.0 Å². The fourth-order valence-corrected chi connectivity index (χ4v) is 4.99. The number of thioether (sulfide) groups is 1. The number of nitrogens with zero attached hydrogens (tertiary/aromatic N) is 2. The van der Waals surface area contributed by atoms with Gasteiger partial charge < -0.3 is 25.7 Å². The van der Waals surface area contributed by atoms with Gasteiger partial charge in [0.2, 0.25) is 5.91 Å². The zero-order valence-corrected chi connectivity index (χ0v) is 16.3. The lowest BCUT2D eigenvalue weighted by Crippen LogP contribution is -2.54. The van der Waals surface area contributed by atoms with Gasteiger partial charge in [0.15, 0.2) is 5.17 Å². The van der Waals surface area contributed by atoms with Gasteiger partial charge in [-0.1, -0.05) is 11.8 Å². The molecule has 2 fully saturated rings. The Kier molecular flexibility index (Phi) is 5.05. The molecule has 7 nitrogen and oxygen atoms in total. The fourth-order valence-electron chi connectivity index (χ4n) is 3.61. The number of aliphatic hydroxyl groups excluding tert-OH is 2. The summed E-state index contributed by atoms with van der Waals surface area (Å²) in [4.78, 5) is 19.2. The maximum atomic E-state index is 12.6. The van der Waals surface area contributed by atoms with Crippen LogP contribution < -0.4 is 15.5 Å². The summed E-state index contributed by atoms with van der Waals surface area (Å²) in [5.41, 5.74) is 2.00. The standard InChI is InChI=1S/C19H26N4O3S/c1-23(2)12-7-5-11(6-8-12)21-19-22-15-16(25)14(24)9-13(17(15)27-19)18(26)20-10-3-4-10/h5-8,10,13-17,24-25H,3-4,9H2,1-2H3,(H,20,26)(H,21,22)/t13-,14+,15+,16-,17+/m0/s1. The molecule has 4 rings (SSSR count). The SMILES string of the molecule is CN(C)c1ccc(NC2=N[C@@H]3[C@@H](O)[C@H](O)C[C@H](C(=O)NC4CC4)[C@H]3S2)cc1. The van der Waals surface area contributed by atoms with Gasteiger partial charge in [-0.15, -0.1) is 0 Å². The highest BCUT2D eigenvalue weighted by molar-refractivity contribution is 8.15. The summed E-state index contributed by atoms with van der Waals surface area (Å²) < 4.78 is 0. The quantitative estimate of drug-likeness (QED) is 0.613. The number of rotatable bonds is 4. The Morgan fingerprint density at radius 1 is 1.22 bits per heavy atom. The second-order valence-electron chi connectivity index (χ2n) is 7.76. The first-order valence-electron chi connectivity index (χ1n) is 9.38. The zero-order valence-electron chi connectivity index (χ0n) is 15.5. The maximum absolute atomic E-state index is 12.6. The van der Waals surface area contributed by atoms with E-state index in [2.05, 4.69) is 15.6 Å². The molecule has 0 radical (unpaired) electrons. The van der Waals surface area contributed by atoms with Gasteiger partial charge in [0.25, 0.3) is 0 Å². The first kappa shape index (κ1) is 18.6. The summed E-state index contributed by atoms with van der Waals surface area (Å²) >= 11 is 1.49. The van der Waals surface area contributed by atoms with Crippen molar-refractivity contribution >= 4 is 34.2 Å². The average Bonchev–Trinajstić information content (AvgIpc) is 3.35. The van der Waals surface area contributed by atoms with E-state index in [-0.39, 0.29) is 29.5 Å². The van der Waals surface area contributed by atoms with E-state index in [1.807, 2.05) is 43.3 Å². The zero-order chi connectivity index (χ0) is 19.1. The number of amides is 1. The van der Waals surface area contributed by atoms with Crippen molar-refractivity contribution in [3.05, 3.63) is 24.3 Å². The van der Waals surface area contributed by atoms with Crippen molar-refractivity contribution in [2.45, 2.75) is 48.8 Å². The van der Waals surface area contributed by atoms with E-state index in [9.17, 15) is 15.0 Å². The minimum absolute atomic E-state index is 0.0299. The van der Waals surface area contributed by atoms with E-state index >= 15 is 0 Å². The summed E-state index contributed by atoms with van der Waals surface area (Å²) in [5.74, 6) is -0.379. The Morgan fingerprint density at radius 2 is 1.93 bits per heavy atom. The smallest absolute Gasteiger partial charge is 0.224 e. The molecular weight excluding hydrogens is 364 g/mol. The number of nitrogens with one attached hydrogen (secondary N) is 2. The summed E-state index contributed by atoms with van der Waals surface area (Å²) in [6.45, 7) is 0. The number of hydrogen-bond acceptors (Lipinski definition) is 7. The molecular formula is C19H26N4O3S. The molecule has 2 aliphatic carbocycles. The van der Waals surface area contributed by atoms with Crippen LogP contribution in [0.3, 0.4) is 0 Å². The molecule has 1 heterocycles. The van der Waals surface area contributed by atoms with Crippen LogP contribution >= 0.6 is 11.8 Å². The van der Waals surface area contributed by atoms with Crippen LogP contribution in [-0.2, 0) is 4.79 Å². The van der Waals surface area contributed by atoms with Crippen molar-refractivity contribution in [2.75, 3.05) is 24.3 Å². The van der Waals surface area contributed by atoms with E-state index in [0.717, 1.165) is 24.2 Å². The molecule has 1 aromatic carbocycles. The van der Waals surface area contributed by atoms with E-state index in [1.54, 1.807) is 0 Å². The van der Waals surface area contributed by atoms with E-state index in [1.165, 1.54) is 11.8 Å². The van der Waals surface area contributed by atoms with E-state index < -0.39 is 18.2 Å². The monoisotopic (exact) mass is 390 g/mol. The first-order chi connectivity index (χ1) is 12.9. The van der Waals surface area contributed by atoms with Crippen LogP contribution in [0.5, 0.6) is 0 Å². The molecule has 1 aliphatic heterocycles. The molecule has 4 N–H and O–H groups in total. The van der Waals surface area contributed by atoms with Crippen molar-refractivity contribution in [1.82, 2.24) is 5.32 Å². The highest BCUT2D eigenvalue weighted by atomic mass is 32.2. The van der Waals surface area contributed by atoms with Crippen LogP contribution in [0.2, 0.25) is 0 Å². The predicted octanol–water partition coefficient (Wildman–Crippen LogP) is 1.02. The molecule has 0 spiro atoms. The van der Waals surface area contributed by atoms with Crippen LogP contribution in [0.4, 0.5) is 11.4 Å². The molecule has 0 bridgehead atoms. The number of anilines is 2. The van der Waals surface area contributed by atoms with Crippen molar-refractivity contribution in [1.29, 1.82) is 0 Å². The molecule has 0 unspecified atom stereocenters. The Balaban J connectivity index is 1.47. The lowest BCUT2D eigenvalue weighted by molar-refractivity contribution is -0.129. The van der Waals surface area contributed by atoms with Gasteiger partial charge in [-0.25, -0.2) is 0 Å². The predicted molar refractivity (Wildman–Crippen MR) is 108 cm³/mol. The number of amidine groups is 1. The van der Waals surface area contributed by atoms with Crippen molar-refractivity contribution in [3.8, 4) is 0 Å². The molecule has 2 saturated carbocycles. The molecule has 1 amide bonds. The molecule has 1 aromatic rings. The Labute approximate surface area is 163 Å². The number of carbonyl (C=O) groups is 1. The molecule has 0 saturated heterocycles. The average molecular weight is 391 g/mol. The number of fused-ring (bicyclic) bond motifs is 1. The molecule has 8 heteroatoms. The van der Waals surface area contributed by atoms with Crippen molar-refractivity contribution in [2.24, 2.45) is 10.9 Å². The van der Waals surface area contributed by atoms with Gasteiger partial charge in [-0.3, -0.25) is 9.79 Å². The normalized spacial score (nSPS) is 32.4. The van der Waals surface area contributed by atoms with Crippen LogP contribution in [-0.4, -0.2) is 64.9 Å². The lowest BCUT2D eigenvalue weighted by Gasteiger charge is -2.37. The summed E-state index contributed by atoms with van der Waals surface area (Å²) in [5, 5.41) is 27.4. The highest BCUT2D eigenvalue weighted by Crippen LogP contribution is 2.41. The number of aliphatic hydroxyl groups is 2. The van der Waals surface area contributed by atoms with Crippen LogP contribution in [0.15, 0.2) is 29.3 Å². The van der Waals surface area contributed by atoms with Gasteiger partial charge >= 0.3 is 0 Å². The minimum Gasteiger partial charge on any atom is -0.390 e. The molecule has 5 atom stereocenters. The highest BCUT2D eigenvalue weighted by Gasteiger charge is 2.50. The van der Waals surface area contributed by atoms with E-state index in [4.69, 9.17) is 0 Å². The molecule has 27 heavy (non-hydrogen) atoms. The summed E-state index contributed by atoms with van der Waals surface area (Å²) in [6.07, 6.45) is 0.454. The first-order valence-corrected chi connectivity index (χ1v) is 10.3. The van der Waals surface area contributed by atoms with Gasteiger partial charge in [0.05, 0.1) is 18.1 Å². The topological polar surface area (TPSA) is 97.2 Å². The van der Waals surface area contributed by atoms with Crippen molar-refractivity contribution in [3.63, 3.8) is 0 Å². The fraction of sp³-hybridized carbons (Fsp3) is 0.579. The third-order valence-electron chi connectivity index (χ3n) is 5.38. The van der Waals surface area contributed by atoms with E-state index in [0.29, 0.717) is 5.17 Å². The Hall–Kier alpha value is -1.77. The van der Waals surface area contributed by atoms with Gasteiger partial charge in [-0.2, -0.15) is 0 Å². The Morgan fingerprint density at radius 3 is 2.56 bits per heavy atom. The Bertz CT molecular complexity index is 735. The second-order valence-corrected chi connectivity index (χ2v) is 8.92. The summed E-state index contributed by atoms with van der Waals surface area (Å²) in [6, 6.07) is 7.78. The number of benzene rings is 1. The van der Waals surface area contributed by atoms with Gasteiger partial charge in [-0.05, 0) is 43.5 Å². The van der Waals surface area contributed by atoms with Crippen LogP contribution in [0, 0.1) is 5.92 Å². The number of hydrogen-bond donors (Lipinski definition) is 4. The van der Waals surface area contributed by atoms with Gasteiger partial charge in [0.1, 0.15) is 6.10 Å². The third kappa shape index (κ3) is 3.93.